The zero-order chi connectivity index (χ0) is 20.0. The van der Waals surface area contributed by atoms with Crippen LogP contribution in [0, 0.1) is 6.92 Å². The molecule has 0 bridgehead atoms. The highest BCUT2D eigenvalue weighted by Crippen LogP contribution is 2.46. The summed E-state index contributed by atoms with van der Waals surface area (Å²) in [7, 11) is 0. The fraction of sp³-hybridized carbons (Fsp3) is 0.227. The van der Waals surface area contributed by atoms with Crippen LogP contribution in [0.5, 0.6) is 5.75 Å². The first-order chi connectivity index (χ1) is 14.1. The predicted molar refractivity (Wildman–Crippen MR) is 112 cm³/mol. The molecule has 6 nitrogen and oxygen atoms in total. The van der Waals surface area contributed by atoms with Gasteiger partial charge in [-0.2, -0.15) is 9.50 Å². The highest BCUT2D eigenvalue weighted by molar-refractivity contribution is 6.31. The topological polar surface area (TPSA) is 72.3 Å². The molecule has 5 rings (SSSR count). The van der Waals surface area contributed by atoms with Crippen LogP contribution in [0.3, 0.4) is 0 Å². The molecule has 0 aliphatic heterocycles. The number of ether oxygens (including phenoxy) is 1. The van der Waals surface area contributed by atoms with Gasteiger partial charge in [0.05, 0.1) is 0 Å². The maximum atomic E-state index is 12.7. The summed E-state index contributed by atoms with van der Waals surface area (Å²) in [4.78, 5) is 21.6. The fourth-order valence-electron chi connectivity index (χ4n) is 3.58. The highest BCUT2D eigenvalue weighted by Gasteiger charge is 2.28. The second-order valence-corrected chi connectivity index (χ2v) is 7.68. The Balaban J connectivity index is 1.49. The van der Waals surface area contributed by atoms with Gasteiger partial charge in [0, 0.05) is 11.1 Å². The van der Waals surface area contributed by atoms with Gasteiger partial charge in [0.25, 0.3) is 11.3 Å². The van der Waals surface area contributed by atoms with E-state index in [2.05, 4.69) is 28.1 Å². The number of aromatic nitrogens is 4. The van der Waals surface area contributed by atoms with Crippen molar-refractivity contribution in [2.75, 3.05) is 0 Å². The Labute approximate surface area is 172 Å². The van der Waals surface area contributed by atoms with E-state index in [1.165, 1.54) is 28.5 Å². The average Bonchev–Trinajstić information content (AvgIpc) is 3.48. The molecule has 1 aliphatic rings. The number of hydrogen-bond donors (Lipinski definition) is 1. The molecule has 0 atom stereocenters. The monoisotopic (exact) mass is 406 g/mol. The second-order valence-electron chi connectivity index (χ2n) is 7.30. The molecule has 1 fully saturated rings. The minimum atomic E-state index is -0.392. The molecule has 1 aliphatic carbocycles. The molecule has 0 unspecified atom stereocenters. The Morgan fingerprint density at radius 1 is 1.14 bits per heavy atom. The van der Waals surface area contributed by atoms with E-state index >= 15 is 0 Å². The summed E-state index contributed by atoms with van der Waals surface area (Å²) >= 11 is 6.32. The van der Waals surface area contributed by atoms with Gasteiger partial charge in [-0.3, -0.25) is 9.89 Å². The van der Waals surface area contributed by atoms with E-state index in [0.29, 0.717) is 17.4 Å². The Morgan fingerprint density at radius 3 is 2.69 bits per heavy atom. The summed E-state index contributed by atoms with van der Waals surface area (Å²) in [5.41, 5.74) is 3.31. The SMILES string of the molecule is Cc1cccc(OCc2nc3nc(-c4ccccc4)[nH]n3c(=O)c2Cl)c1C1CC1. The van der Waals surface area contributed by atoms with Crippen molar-refractivity contribution in [1.82, 2.24) is 19.6 Å². The molecule has 1 N–H and O–H groups in total. The van der Waals surface area contributed by atoms with E-state index < -0.39 is 5.56 Å². The lowest BCUT2D eigenvalue weighted by Gasteiger charge is -2.13. The Bertz CT molecular complexity index is 1260. The number of nitrogens with one attached hydrogen (secondary N) is 1. The smallest absolute Gasteiger partial charge is 0.293 e. The summed E-state index contributed by atoms with van der Waals surface area (Å²) in [6.07, 6.45) is 2.37. The van der Waals surface area contributed by atoms with Crippen LogP contribution in [0.1, 0.15) is 35.6 Å². The summed E-state index contributed by atoms with van der Waals surface area (Å²) in [5, 5.41) is 3.00. The van der Waals surface area contributed by atoms with Crippen LogP contribution in [-0.4, -0.2) is 19.6 Å². The van der Waals surface area contributed by atoms with Gasteiger partial charge in [0.1, 0.15) is 23.1 Å². The van der Waals surface area contributed by atoms with Crippen molar-refractivity contribution in [2.24, 2.45) is 0 Å². The lowest BCUT2D eigenvalue weighted by Crippen LogP contribution is -2.19. The lowest BCUT2D eigenvalue weighted by molar-refractivity contribution is 0.298. The molecule has 29 heavy (non-hydrogen) atoms. The number of aryl methyl sites for hydroxylation is 1. The van der Waals surface area contributed by atoms with Gasteiger partial charge >= 0.3 is 0 Å². The summed E-state index contributed by atoms with van der Waals surface area (Å²) < 4.78 is 7.31. The van der Waals surface area contributed by atoms with E-state index in [4.69, 9.17) is 16.3 Å². The van der Waals surface area contributed by atoms with E-state index in [9.17, 15) is 4.79 Å². The largest absolute Gasteiger partial charge is 0.487 e. The molecule has 4 aromatic rings. The minimum Gasteiger partial charge on any atom is -0.487 e. The Hall–Kier alpha value is -3.12. The summed E-state index contributed by atoms with van der Waals surface area (Å²) in [6, 6.07) is 15.6. The maximum absolute atomic E-state index is 12.7. The van der Waals surface area contributed by atoms with Crippen LogP contribution in [0.25, 0.3) is 17.2 Å². The predicted octanol–water partition coefficient (Wildman–Crippen LogP) is 4.50. The van der Waals surface area contributed by atoms with Crippen LogP contribution in [-0.2, 0) is 6.61 Å². The lowest BCUT2D eigenvalue weighted by atomic mass is 10.0. The van der Waals surface area contributed by atoms with E-state index in [1.54, 1.807) is 0 Å². The van der Waals surface area contributed by atoms with Crippen molar-refractivity contribution in [3.05, 3.63) is 80.7 Å². The molecule has 2 aromatic heterocycles. The van der Waals surface area contributed by atoms with Crippen molar-refractivity contribution in [2.45, 2.75) is 32.3 Å². The third kappa shape index (κ3) is 3.29. The van der Waals surface area contributed by atoms with Crippen LogP contribution in [0.15, 0.2) is 53.3 Å². The normalized spacial score (nSPS) is 13.7. The van der Waals surface area contributed by atoms with Crippen molar-refractivity contribution < 1.29 is 4.74 Å². The number of rotatable bonds is 5. The molecule has 0 radical (unpaired) electrons. The molecule has 0 spiro atoms. The van der Waals surface area contributed by atoms with E-state index in [1.807, 2.05) is 42.5 Å². The number of hydrogen-bond acceptors (Lipinski definition) is 4. The maximum Gasteiger partial charge on any atom is 0.293 e. The van der Waals surface area contributed by atoms with Crippen molar-refractivity contribution in [3.8, 4) is 17.1 Å². The standard InChI is InChI=1S/C22H19ClN4O2/c1-13-6-5-9-17(18(13)14-10-11-14)29-12-16-19(23)21(28)27-22(24-16)25-20(26-27)15-7-3-2-4-8-15/h2-9,14H,10-12H2,1H3,(H,24,25,26). The third-order valence-electron chi connectivity index (χ3n) is 5.19. The zero-order valence-corrected chi connectivity index (χ0v) is 16.6. The number of nitrogens with zero attached hydrogens (tertiary/aromatic N) is 3. The second kappa shape index (κ2) is 7.04. The van der Waals surface area contributed by atoms with Gasteiger partial charge in [-0.25, -0.2) is 4.98 Å². The van der Waals surface area contributed by atoms with Gasteiger partial charge in [-0.15, -0.1) is 0 Å². The van der Waals surface area contributed by atoms with Gasteiger partial charge in [0.2, 0.25) is 0 Å². The zero-order valence-electron chi connectivity index (χ0n) is 15.9. The first kappa shape index (κ1) is 17.9. The molecular formula is C22H19ClN4O2. The fourth-order valence-corrected chi connectivity index (χ4v) is 3.76. The van der Waals surface area contributed by atoms with Gasteiger partial charge in [-0.1, -0.05) is 54.1 Å². The van der Waals surface area contributed by atoms with E-state index in [-0.39, 0.29) is 17.4 Å². The van der Waals surface area contributed by atoms with Crippen molar-refractivity contribution in [1.29, 1.82) is 0 Å². The molecule has 7 heteroatoms. The Morgan fingerprint density at radius 2 is 1.93 bits per heavy atom. The van der Waals surface area contributed by atoms with Crippen LogP contribution < -0.4 is 10.3 Å². The number of benzene rings is 2. The molecular weight excluding hydrogens is 388 g/mol. The molecule has 146 valence electrons. The van der Waals surface area contributed by atoms with E-state index in [0.717, 1.165) is 11.3 Å². The first-order valence-corrected chi connectivity index (χ1v) is 9.94. The highest BCUT2D eigenvalue weighted by atomic mass is 35.5. The third-order valence-corrected chi connectivity index (χ3v) is 5.57. The van der Waals surface area contributed by atoms with Crippen LogP contribution in [0.4, 0.5) is 0 Å². The summed E-state index contributed by atoms with van der Waals surface area (Å²) in [6.45, 7) is 2.21. The Kier molecular flexibility index (Phi) is 4.36. The van der Waals surface area contributed by atoms with Crippen LogP contribution in [0.2, 0.25) is 5.02 Å². The number of halogens is 1. The first-order valence-electron chi connectivity index (χ1n) is 9.56. The molecule has 2 heterocycles. The van der Waals surface area contributed by atoms with Gasteiger partial charge in [0.15, 0.2) is 5.82 Å². The molecule has 0 amide bonds. The van der Waals surface area contributed by atoms with Crippen molar-refractivity contribution >= 4 is 17.4 Å². The van der Waals surface area contributed by atoms with Gasteiger partial charge < -0.3 is 4.74 Å². The molecule has 0 saturated heterocycles. The number of fused-ring (bicyclic) bond motifs is 1. The minimum absolute atomic E-state index is 0.0337. The van der Waals surface area contributed by atoms with Crippen LogP contribution >= 0.6 is 11.6 Å². The average molecular weight is 407 g/mol. The van der Waals surface area contributed by atoms with Crippen molar-refractivity contribution in [3.63, 3.8) is 0 Å². The summed E-state index contributed by atoms with van der Waals surface area (Å²) in [5.74, 6) is 2.21. The number of H-pyrrole nitrogens is 1. The number of aromatic amines is 1. The quantitative estimate of drug-likeness (QED) is 0.529. The van der Waals surface area contributed by atoms with Gasteiger partial charge in [-0.05, 0) is 37.3 Å². The molecule has 2 aromatic carbocycles. The molecule has 1 saturated carbocycles.